The van der Waals surface area contributed by atoms with Crippen LogP contribution in [0.2, 0.25) is 0 Å². The maximum Gasteiger partial charge on any atom is 0.416 e. The molecule has 0 aromatic heterocycles. The lowest BCUT2D eigenvalue weighted by atomic mass is 10.1. The fourth-order valence-corrected chi connectivity index (χ4v) is 4.89. The summed E-state index contributed by atoms with van der Waals surface area (Å²) in [6.07, 6.45) is 2.39. The van der Waals surface area contributed by atoms with Gasteiger partial charge in [0.1, 0.15) is 6.61 Å². The zero-order valence-corrected chi connectivity index (χ0v) is 21.6. The number of ether oxygens (including phenoxy) is 5. The van der Waals surface area contributed by atoms with E-state index < -0.39 is 30.6 Å². The number of fused-ring (bicyclic) bond motifs is 2. The van der Waals surface area contributed by atoms with E-state index in [0.29, 0.717) is 26.0 Å². The molecule has 0 spiro atoms. The van der Waals surface area contributed by atoms with Gasteiger partial charge < -0.3 is 33.7 Å². The van der Waals surface area contributed by atoms with Gasteiger partial charge in [-0.15, -0.1) is 0 Å². The van der Waals surface area contributed by atoms with E-state index in [9.17, 15) is 14.4 Å². The first-order chi connectivity index (χ1) is 18.3. The molecule has 1 aromatic rings. The van der Waals surface area contributed by atoms with Crippen LogP contribution in [-0.2, 0) is 19.0 Å². The van der Waals surface area contributed by atoms with Gasteiger partial charge in [-0.1, -0.05) is 24.8 Å². The number of anilines is 1. The van der Waals surface area contributed by atoms with Crippen molar-refractivity contribution in [2.45, 2.75) is 57.1 Å². The SMILES string of the molecule is C=CCOC(=O)N1c2cc(OCCCC(=O)O)c(OC)cc2C(=O)N2CC(=C)C[C@H]2C1OC1CCCCO1. The van der Waals surface area contributed by atoms with Gasteiger partial charge in [-0.3, -0.25) is 9.59 Å². The Morgan fingerprint density at radius 3 is 2.76 bits per heavy atom. The molecule has 206 valence electrons. The summed E-state index contributed by atoms with van der Waals surface area (Å²) in [5.41, 5.74) is 1.29. The monoisotopic (exact) mass is 530 g/mol. The summed E-state index contributed by atoms with van der Waals surface area (Å²) in [5, 5.41) is 8.94. The summed E-state index contributed by atoms with van der Waals surface area (Å²) in [6, 6.07) is 2.54. The predicted octanol–water partition coefficient (Wildman–Crippen LogP) is 3.72. The molecular weight excluding hydrogens is 496 g/mol. The van der Waals surface area contributed by atoms with E-state index in [0.717, 1.165) is 18.4 Å². The van der Waals surface area contributed by atoms with Gasteiger partial charge in [-0.05, 0) is 38.2 Å². The molecule has 1 aromatic carbocycles. The van der Waals surface area contributed by atoms with E-state index in [2.05, 4.69) is 13.2 Å². The molecule has 38 heavy (non-hydrogen) atoms. The maximum atomic E-state index is 13.8. The Morgan fingerprint density at radius 2 is 2.08 bits per heavy atom. The van der Waals surface area contributed by atoms with Gasteiger partial charge >= 0.3 is 12.1 Å². The van der Waals surface area contributed by atoms with Crippen LogP contribution >= 0.6 is 0 Å². The Morgan fingerprint density at radius 1 is 1.26 bits per heavy atom. The van der Waals surface area contributed by atoms with Crippen molar-refractivity contribution in [3.8, 4) is 11.5 Å². The van der Waals surface area contributed by atoms with Gasteiger partial charge in [0, 0.05) is 25.6 Å². The molecular formula is C27H34N2O9. The fraction of sp³-hybridized carbons (Fsp3) is 0.519. The molecule has 4 rings (SSSR count). The van der Waals surface area contributed by atoms with Crippen molar-refractivity contribution < 1.29 is 43.2 Å². The Bertz CT molecular complexity index is 1080. The minimum Gasteiger partial charge on any atom is -0.493 e. The average molecular weight is 531 g/mol. The molecule has 2 fully saturated rings. The van der Waals surface area contributed by atoms with Gasteiger partial charge in [0.25, 0.3) is 5.91 Å². The van der Waals surface area contributed by atoms with Crippen molar-refractivity contribution in [1.82, 2.24) is 4.90 Å². The smallest absolute Gasteiger partial charge is 0.416 e. The molecule has 11 heteroatoms. The van der Waals surface area contributed by atoms with Gasteiger partial charge in [-0.2, -0.15) is 0 Å². The highest BCUT2D eigenvalue weighted by Crippen LogP contribution is 2.43. The van der Waals surface area contributed by atoms with Crippen LogP contribution in [0.4, 0.5) is 10.5 Å². The highest BCUT2D eigenvalue weighted by atomic mass is 16.7. The third kappa shape index (κ3) is 5.94. The average Bonchev–Trinajstić information content (AvgIpc) is 3.27. The van der Waals surface area contributed by atoms with Gasteiger partial charge in [0.2, 0.25) is 0 Å². The maximum absolute atomic E-state index is 13.8. The first-order valence-electron chi connectivity index (χ1n) is 12.7. The van der Waals surface area contributed by atoms with Gasteiger partial charge in [0.05, 0.1) is 31.0 Å². The molecule has 2 saturated heterocycles. The third-order valence-electron chi connectivity index (χ3n) is 6.65. The summed E-state index contributed by atoms with van der Waals surface area (Å²) in [7, 11) is 1.44. The van der Waals surface area contributed by atoms with Gasteiger partial charge in [-0.25, -0.2) is 9.69 Å². The number of hydrogen-bond acceptors (Lipinski definition) is 8. The molecule has 0 saturated carbocycles. The normalized spacial score (nSPS) is 22.8. The number of carboxylic acids is 1. The lowest BCUT2D eigenvalue weighted by molar-refractivity contribution is -0.195. The first-order valence-corrected chi connectivity index (χ1v) is 12.7. The zero-order valence-electron chi connectivity index (χ0n) is 21.6. The van der Waals surface area contributed by atoms with E-state index in [1.807, 2.05) is 0 Å². The Hall–Kier alpha value is -3.57. The summed E-state index contributed by atoms with van der Waals surface area (Å²) in [4.78, 5) is 41.3. The number of carbonyl (C=O) groups excluding carboxylic acids is 2. The van der Waals surface area contributed by atoms with Crippen molar-refractivity contribution in [1.29, 1.82) is 0 Å². The Labute approximate surface area is 221 Å². The van der Waals surface area contributed by atoms with Crippen LogP contribution in [0, 0.1) is 0 Å². The van der Waals surface area contributed by atoms with E-state index in [1.165, 1.54) is 30.2 Å². The van der Waals surface area contributed by atoms with Crippen molar-refractivity contribution in [3.05, 3.63) is 42.5 Å². The van der Waals surface area contributed by atoms with Crippen LogP contribution in [0.1, 0.15) is 48.9 Å². The highest BCUT2D eigenvalue weighted by molar-refractivity contribution is 6.06. The largest absolute Gasteiger partial charge is 0.493 e. The van der Waals surface area contributed by atoms with Crippen LogP contribution in [0.5, 0.6) is 11.5 Å². The van der Waals surface area contributed by atoms with Crippen LogP contribution in [-0.4, -0.2) is 80.0 Å². The van der Waals surface area contributed by atoms with Crippen LogP contribution in [0.3, 0.4) is 0 Å². The van der Waals surface area contributed by atoms with Crippen LogP contribution in [0.15, 0.2) is 36.9 Å². The number of amides is 2. The standard InChI is InChI=1S/C27H34N2O9/c1-4-10-37-27(33)29-19-15-22(35-12-7-8-23(30)31)21(34-3)14-18(19)25(32)28-16-17(2)13-20(28)26(29)38-24-9-5-6-11-36-24/h4,14-15,20,24,26H,1-2,5-13,16H2,3H3,(H,30,31)/t20-,24?,26?/m0/s1. The number of benzene rings is 1. The lowest BCUT2D eigenvalue weighted by Crippen LogP contribution is -2.54. The molecule has 3 aliphatic rings. The molecule has 2 amide bonds. The molecule has 0 bridgehead atoms. The molecule has 3 aliphatic heterocycles. The summed E-state index contributed by atoms with van der Waals surface area (Å²) in [6.45, 7) is 8.63. The first kappa shape index (κ1) is 27.5. The van der Waals surface area contributed by atoms with Crippen molar-refractivity contribution >= 4 is 23.7 Å². The zero-order chi connectivity index (χ0) is 27.2. The fourth-order valence-electron chi connectivity index (χ4n) is 4.89. The minimum absolute atomic E-state index is 0.0406. The number of aliphatic carboxylic acids is 1. The van der Waals surface area contributed by atoms with Crippen molar-refractivity contribution in [2.24, 2.45) is 0 Å². The minimum atomic E-state index is -0.934. The molecule has 1 N–H and O–H groups in total. The van der Waals surface area contributed by atoms with E-state index in [-0.39, 0.29) is 54.7 Å². The summed E-state index contributed by atoms with van der Waals surface area (Å²) >= 11 is 0. The predicted molar refractivity (Wildman–Crippen MR) is 136 cm³/mol. The van der Waals surface area contributed by atoms with E-state index in [4.69, 9.17) is 28.8 Å². The van der Waals surface area contributed by atoms with Gasteiger partial charge in [0.15, 0.2) is 24.0 Å². The molecule has 11 nitrogen and oxygen atoms in total. The summed E-state index contributed by atoms with van der Waals surface area (Å²) in [5.74, 6) is -0.714. The highest BCUT2D eigenvalue weighted by Gasteiger charge is 2.48. The number of hydrogen-bond donors (Lipinski definition) is 1. The molecule has 2 unspecified atom stereocenters. The Kier molecular flexibility index (Phi) is 8.90. The van der Waals surface area contributed by atoms with Crippen LogP contribution < -0.4 is 14.4 Å². The molecule has 3 heterocycles. The van der Waals surface area contributed by atoms with Crippen molar-refractivity contribution in [2.75, 3.05) is 38.4 Å². The second-order valence-electron chi connectivity index (χ2n) is 9.38. The molecule has 0 aliphatic carbocycles. The molecule has 0 radical (unpaired) electrons. The topological polar surface area (TPSA) is 124 Å². The number of nitrogens with zero attached hydrogens (tertiary/aromatic N) is 2. The Balaban J connectivity index is 1.79. The van der Waals surface area contributed by atoms with Crippen molar-refractivity contribution in [3.63, 3.8) is 0 Å². The number of methoxy groups -OCH3 is 1. The lowest BCUT2D eigenvalue weighted by Gasteiger charge is -2.38. The number of carbonyl (C=O) groups is 3. The second kappa shape index (κ2) is 12.3. The number of rotatable bonds is 10. The molecule has 3 atom stereocenters. The summed E-state index contributed by atoms with van der Waals surface area (Å²) < 4.78 is 29.0. The number of carboxylic acid groups (broad SMARTS) is 1. The van der Waals surface area contributed by atoms with E-state index in [1.54, 1.807) is 4.90 Å². The third-order valence-corrected chi connectivity index (χ3v) is 6.65. The quantitative estimate of drug-likeness (QED) is 0.356. The van der Waals surface area contributed by atoms with E-state index >= 15 is 0 Å². The van der Waals surface area contributed by atoms with Crippen LogP contribution in [0.25, 0.3) is 0 Å². The second-order valence-corrected chi connectivity index (χ2v) is 9.38.